The first-order chi connectivity index (χ1) is 13.5. The van der Waals surface area contributed by atoms with Gasteiger partial charge in [0.05, 0.1) is 0 Å². The molecule has 0 amide bonds. The van der Waals surface area contributed by atoms with Crippen LogP contribution in [-0.2, 0) is 0 Å². The van der Waals surface area contributed by atoms with Crippen LogP contribution in [-0.4, -0.2) is 38.1 Å². The lowest BCUT2D eigenvalue weighted by Crippen LogP contribution is -2.24. The second kappa shape index (κ2) is 6.31. The van der Waals surface area contributed by atoms with Crippen LogP contribution < -0.4 is 9.47 Å². The Morgan fingerprint density at radius 1 is 1.00 bits per heavy atom. The van der Waals surface area contributed by atoms with E-state index in [4.69, 9.17) is 9.47 Å². The summed E-state index contributed by atoms with van der Waals surface area (Å²) in [7, 11) is 3.98. The number of ether oxygens (including phenoxy) is 2. The summed E-state index contributed by atoms with van der Waals surface area (Å²) in [4.78, 5) is 15.4. The van der Waals surface area contributed by atoms with Crippen LogP contribution in [0, 0.1) is 5.82 Å². The zero-order chi connectivity index (χ0) is 19.4. The molecule has 142 valence electrons. The summed E-state index contributed by atoms with van der Waals surface area (Å²) in [6.07, 6.45) is 0.669. The van der Waals surface area contributed by atoms with Gasteiger partial charge in [0.2, 0.25) is 6.79 Å². The van der Waals surface area contributed by atoms with E-state index in [2.05, 4.69) is 4.90 Å². The fraction of sp³-hybridized carbons (Fsp3) is 0.261. The number of rotatable bonds is 3. The van der Waals surface area contributed by atoms with Gasteiger partial charge in [-0.25, -0.2) is 4.39 Å². The van der Waals surface area contributed by atoms with Crippen molar-refractivity contribution in [2.24, 2.45) is 0 Å². The van der Waals surface area contributed by atoms with E-state index in [1.54, 1.807) is 6.07 Å². The Hall–Kier alpha value is -2.92. The van der Waals surface area contributed by atoms with Crippen molar-refractivity contribution in [3.63, 3.8) is 0 Å². The molecule has 0 radical (unpaired) electrons. The minimum Gasteiger partial charge on any atom is -0.454 e. The molecule has 5 heteroatoms. The number of halogens is 1. The summed E-state index contributed by atoms with van der Waals surface area (Å²) in [5, 5.41) is 2.00. The van der Waals surface area contributed by atoms with Crippen LogP contribution in [0.5, 0.6) is 11.5 Å². The van der Waals surface area contributed by atoms with Gasteiger partial charge in [0.1, 0.15) is 5.82 Å². The molecule has 0 N–H and O–H groups in total. The molecule has 2 aliphatic rings. The Bertz CT molecular complexity index is 1120. The fourth-order valence-electron chi connectivity index (χ4n) is 4.28. The molecule has 0 fully saturated rings. The van der Waals surface area contributed by atoms with Crippen molar-refractivity contribution in [2.75, 3.05) is 27.4 Å². The van der Waals surface area contributed by atoms with Gasteiger partial charge in [-0.1, -0.05) is 18.2 Å². The van der Waals surface area contributed by atoms with Gasteiger partial charge >= 0.3 is 0 Å². The minimum absolute atomic E-state index is 0.0194. The number of benzene rings is 3. The third-order valence-electron chi connectivity index (χ3n) is 5.62. The highest BCUT2D eigenvalue weighted by atomic mass is 19.1. The van der Waals surface area contributed by atoms with Gasteiger partial charge in [0.15, 0.2) is 17.3 Å². The SMILES string of the molecule is CN(C)CCC1C(=O)c2cc(F)ccc2-c2ccc3cc4c(cc3c21)OCO4. The average molecular weight is 377 g/mol. The molecule has 3 aromatic carbocycles. The highest BCUT2D eigenvalue weighted by Gasteiger charge is 2.34. The minimum atomic E-state index is -0.383. The van der Waals surface area contributed by atoms with Gasteiger partial charge in [-0.15, -0.1) is 0 Å². The normalized spacial score (nSPS) is 17.1. The number of fused-ring (bicyclic) bond motifs is 6. The lowest BCUT2D eigenvalue weighted by molar-refractivity contribution is 0.0950. The summed E-state index contributed by atoms with van der Waals surface area (Å²) in [5.74, 6) is 0.697. The summed E-state index contributed by atoms with van der Waals surface area (Å²) in [6, 6.07) is 12.5. The van der Waals surface area contributed by atoms with Crippen LogP contribution in [0.25, 0.3) is 21.9 Å². The molecular formula is C23H20FNO3. The predicted octanol–water partition coefficient (Wildman–Crippen LogP) is 4.61. The average Bonchev–Trinajstić information content (AvgIpc) is 3.13. The van der Waals surface area contributed by atoms with Crippen LogP contribution in [0.2, 0.25) is 0 Å². The highest BCUT2D eigenvalue weighted by Crippen LogP contribution is 2.47. The van der Waals surface area contributed by atoms with E-state index >= 15 is 0 Å². The van der Waals surface area contributed by atoms with Crippen LogP contribution in [0.1, 0.15) is 28.3 Å². The Kier molecular flexibility index (Phi) is 3.88. The second-order valence-corrected chi connectivity index (χ2v) is 7.65. The van der Waals surface area contributed by atoms with Crippen molar-refractivity contribution in [1.29, 1.82) is 0 Å². The van der Waals surface area contributed by atoms with Gasteiger partial charge < -0.3 is 14.4 Å². The lowest BCUT2D eigenvalue weighted by Gasteiger charge is -2.29. The van der Waals surface area contributed by atoms with Crippen LogP contribution in [0.3, 0.4) is 0 Å². The van der Waals surface area contributed by atoms with Crippen molar-refractivity contribution < 1.29 is 18.7 Å². The van der Waals surface area contributed by atoms with E-state index in [-0.39, 0.29) is 24.3 Å². The summed E-state index contributed by atoms with van der Waals surface area (Å²) in [5.41, 5.74) is 3.25. The molecule has 1 atom stereocenters. The number of Topliss-reactive ketones (excluding diaryl/α,β-unsaturated/α-hetero) is 1. The molecule has 0 aromatic heterocycles. The molecule has 1 aliphatic heterocycles. The number of carbonyl (C=O) groups excluding carboxylic acids is 1. The van der Waals surface area contributed by atoms with E-state index in [0.29, 0.717) is 17.7 Å². The van der Waals surface area contributed by atoms with E-state index in [0.717, 1.165) is 39.8 Å². The van der Waals surface area contributed by atoms with E-state index in [1.165, 1.54) is 12.1 Å². The van der Waals surface area contributed by atoms with Crippen LogP contribution in [0.4, 0.5) is 4.39 Å². The predicted molar refractivity (Wildman–Crippen MR) is 106 cm³/mol. The maximum Gasteiger partial charge on any atom is 0.231 e. The topological polar surface area (TPSA) is 38.8 Å². The smallest absolute Gasteiger partial charge is 0.231 e. The van der Waals surface area contributed by atoms with Crippen molar-refractivity contribution in [2.45, 2.75) is 12.3 Å². The molecule has 0 bridgehead atoms. The molecule has 0 spiro atoms. The second-order valence-electron chi connectivity index (χ2n) is 7.65. The van der Waals surface area contributed by atoms with Crippen molar-refractivity contribution in [1.82, 2.24) is 4.90 Å². The first kappa shape index (κ1) is 17.2. The molecule has 5 rings (SSSR count). The Morgan fingerprint density at radius 3 is 2.54 bits per heavy atom. The first-order valence-corrected chi connectivity index (χ1v) is 9.38. The molecule has 1 heterocycles. The largest absolute Gasteiger partial charge is 0.454 e. The van der Waals surface area contributed by atoms with Gasteiger partial charge in [-0.2, -0.15) is 0 Å². The maximum atomic E-state index is 13.9. The van der Waals surface area contributed by atoms with Gasteiger partial charge in [-0.05, 0) is 78.8 Å². The molecule has 4 nitrogen and oxygen atoms in total. The van der Waals surface area contributed by atoms with E-state index in [1.807, 2.05) is 38.4 Å². The van der Waals surface area contributed by atoms with Crippen molar-refractivity contribution in [3.05, 3.63) is 59.4 Å². The van der Waals surface area contributed by atoms with Gasteiger partial charge in [-0.3, -0.25) is 4.79 Å². The standard InChI is InChI=1S/C23H20FNO3/c1-25(2)8-7-17-22-16(15-6-4-14(24)10-19(15)23(17)26)5-3-13-9-20-21(11-18(13)22)28-12-27-20/h3-6,9-11,17H,7-8,12H2,1-2H3. The van der Waals surface area contributed by atoms with Crippen molar-refractivity contribution in [3.8, 4) is 22.6 Å². The Balaban J connectivity index is 1.79. The lowest BCUT2D eigenvalue weighted by atomic mass is 9.74. The molecule has 1 aliphatic carbocycles. The molecular weight excluding hydrogens is 357 g/mol. The van der Waals surface area contributed by atoms with Crippen molar-refractivity contribution >= 4 is 16.6 Å². The maximum absolute atomic E-state index is 13.9. The van der Waals surface area contributed by atoms with Gasteiger partial charge in [0, 0.05) is 11.5 Å². The highest BCUT2D eigenvalue weighted by molar-refractivity contribution is 6.13. The quantitative estimate of drug-likeness (QED) is 0.668. The Morgan fingerprint density at radius 2 is 1.75 bits per heavy atom. The van der Waals surface area contributed by atoms with Crippen LogP contribution in [0.15, 0.2) is 42.5 Å². The summed E-state index contributed by atoms with van der Waals surface area (Å²) < 4.78 is 25.0. The number of ketones is 1. The third-order valence-corrected chi connectivity index (χ3v) is 5.62. The van der Waals surface area contributed by atoms with Gasteiger partial charge in [0.25, 0.3) is 0 Å². The Labute approximate surface area is 162 Å². The summed E-state index contributed by atoms with van der Waals surface area (Å²) >= 11 is 0. The number of hydrogen-bond donors (Lipinski definition) is 0. The molecule has 3 aromatic rings. The zero-order valence-corrected chi connectivity index (χ0v) is 15.8. The van der Waals surface area contributed by atoms with Crippen LogP contribution >= 0.6 is 0 Å². The molecule has 28 heavy (non-hydrogen) atoms. The summed E-state index contributed by atoms with van der Waals surface area (Å²) in [6.45, 7) is 0.973. The van der Waals surface area contributed by atoms with E-state index < -0.39 is 0 Å². The molecule has 1 unspecified atom stereocenters. The number of carbonyl (C=O) groups is 1. The monoisotopic (exact) mass is 377 g/mol. The number of nitrogens with zero attached hydrogens (tertiary/aromatic N) is 1. The third kappa shape index (κ3) is 2.58. The fourth-order valence-corrected chi connectivity index (χ4v) is 4.28. The molecule has 0 saturated carbocycles. The first-order valence-electron chi connectivity index (χ1n) is 9.38. The molecule has 0 saturated heterocycles. The number of hydrogen-bond acceptors (Lipinski definition) is 4. The zero-order valence-electron chi connectivity index (χ0n) is 15.8. The van der Waals surface area contributed by atoms with E-state index in [9.17, 15) is 9.18 Å².